The molecule has 0 aliphatic rings. The molecule has 4 aromatic carbocycles. The fourth-order valence-corrected chi connectivity index (χ4v) is 5.64. The van der Waals surface area contributed by atoms with Gasteiger partial charge in [-0.3, -0.25) is 9.59 Å². The molecule has 174 valence electrons. The van der Waals surface area contributed by atoms with Crippen molar-refractivity contribution in [2.45, 2.75) is 6.54 Å². The molecule has 6 rings (SSSR count). The maximum atomic E-state index is 13.4. The van der Waals surface area contributed by atoms with Crippen LogP contribution in [0.4, 0.5) is 0 Å². The first-order valence-corrected chi connectivity index (χ1v) is 12.6. The summed E-state index contributed by atoms with van der Waals surface area (Å²) in [6.45, 7) is 0.477. The van der Waals surface area contributed by atoms with Gasteiger partial charge in [-0.05, 0) is 40.8 Å². The summed E-state index contributed by atoms with van der Waals surface area (Å²) in [6.07, 6.45) is 0. The number of rotatable bonds is 6. The molecule has 0 atom stereocenters. The standard InChI is InChI=1S/C31H22N2O2S/c32-31(35)25-12-6-13-26-29(25)24-16-15-21(28-14-7-17-36-28)18-27(24)33(26)19-22-10-4-5-11-23(22)30(34)20-8-2-1-3-9-20/h1-18H,19H2,(H2,32,35). The lowest BCUT2D eigenvalue weighted by Gasteiger charge is -2.13. The lowest BCUT2D eigenvalue weighted by molar-refractivity contribution is 0.1000. The van der Waals surface area contributed by atoms with Crippen molar-refractivity contribution in [2.75, 3.05) is 0 Å². The first-order chi connectivity index (χ1) is 17.6. The maximum absolute atomic E-state index is 13.4. The molecular formula is C31H22N2O2S. The number of ketones is 1. The predicted octanol–water partition coefficient (Wildman–Crippen LogP) is 6.90. The lowest BCUT2D eigenvalue weighted by Crippen LogP contribution is -2.11. The van der Waals surface area contributed by atoms with Crippen LogP contribution in [-0.4, -0.2) is 16.3 Å². The summed E-state index contributed by atoms with van der Waals surface area (Å²) in [5.41, 5.74) is 11.5. The van der Waals surface area contributed by atoms with Crippen molar-refractivity contribution in [1.29, 1.82) is 0 Å². The minimum Gasteiger partial charge on any atom is -0.366 e. The summed E-state index contributed by atoms with van der Waals surface area (Å²) in [5, 5.41) is 3.86. The quantitative estimate of drug-likeness (QED) is 0.260. The molecule has 0 radical (unpaired) electrons. The summed E-state index contributed by atoms with van der Waals surface area (Å²) >= 11 is 1.69. The first kappa shape index (κ1) is 22.0. The molecule has 0 spiro atoms. The second kappa shape index (κ2) is 8.95. The van der Waals surface area contributed by atoms with Crippen LogP contribution < -0.4 is 5.73 Å². The number of nitrogens with two attached hydrogens (primary N) is 1. The van der Waals surface area contributed by atoms with Gasteiger partial charge in [-0.2, -0.15) is 0 Å². The van der Waals surface area contributed by atoms with Crippen LogP contribution in [0.5, 0.6) is 0 Å². The molecule has 5 heteroatoms. The zero-order valence-electron chi connectivity index (χ0n) is 19.3. The monoisotopic (exact) mass is 486 g/mol. The Balaban J connectivity index is 1.58. The zero-order chi connectivity index (χ0) is 24.6. The van der Waals surface area contributed by atoms with E-state index in [1.165, 1.54) is 4.88 Å². The van der Waals surface area contributed by atoms with Crippen molar-refractivity contribution in [3.8, 4) is 10.4 Å². The van der Waals surface area contributed by atoms with Gasteiger partial charge >= 0.3 is 0 Å². The van der Waals surface area contributed by atoms with Crippen LogP contribution in [0.15, 0.2) is 109 Å². The Morgan fingerprint density at radius 1 is 0.750 bits per heavy atom. The van der Waals surface area contributed by atoms with Gasteiger partial charge in [0.15, 0.2) is 5.78 Å². The molecule has 0 fully saturated rings. The zero-order valence-corrected chi connectivity index (χ0v) is 20.2. The Morgan fingerprint density at radius 2 is 1.53 bits per heavy atom. The summed E-state index contributed by atoms with van der Waals surface area (Å²) in [5.74, 6) is -0.467. The van der Waals surface area contributed by atoms with Gasteiger partial charge in [-0.15, -0.1) is 11.3 Å². The number of thiophene rings is 1. The van der Waals surface area contributed by atoms with Gasteiger partial charge < -0.3 is 10.3 Å². The van der Waals surface area contributed by atoms with Gasteiger partial charge in [-0.25, -0.2) is 0 Å². The Kier molecular flexibility index (Phi) is 5.47. The van der Waals surface area contributed by atoms with E-state index in [1.807, 2.05) is 72.8 Å². The maximum Gasteiger partial charge on any atom is 0.249 e. The summed E-state index contributed by atoms with van der Waals surface area (Å²) in [4.78, 5) is 26.9. The molecular weight excluding hydrogens is 464 g/mol. The third-order valence-electron chi connectivity index (χ3n) is 6.59. The van der Waals surface area contributed by atoms with E-state index in [-0.39, 0.29) is 5.78 Å². The molecule has 1 amide bonds. The average molecular weight is 487 g/mol. The number of primary amides is 1. The van der Waals surface area contributed by atoms with Gasteiger partial charge in [0, 0.05) is 38.9 Å². The number of nitrogens with zero attached hydrogens (tertiary/aromatic N) is 1. The van der Waals surface area contributed by atoms with Crippen LogP contribution >= 0.6 is 11.3 Å². The van der Waals surface area contributed by atoms with Crippen LogP contribution in [0.1, 0.15) is 31.8 Å². The number of fused-ring (bicyclic) bond motifs is 3. The van der Waals surface area contributed by atoms with Gasteiger partial charge in [0.25, 0.3) is 0 Å². The highest BCUT2D eigenvalue weighted by Crippen LogP contribution is 2.36. The fourth-order valence-electron chi connectivity index (χ4n) is 4.91. The van der Waals surface area contributed by atoms with Crippen LogP contribution in [0.25, 0.3) is 32.2 Å². The normalized spacial score (nSPS) is 11.2. The van der Waals surface area contributed by atoms with E-state index in [9.17, 15) is 9.59 Å². The second-order valence-electron chi connectivity index (χ2n) is 8.71. The van der Waals surface area contributed by atoms with Crippen molar-refractivity contribution in [3.63, 3.8) is 0 Å². The Morgan fingerprint density at radius 3 is 2.31 bits per heavy atom. The van der Waals surface area contributed by atoms with E-state index in [1.54, 1.807) is 17.4 Å². The van der Waals surface area contributed by atoms with Crippen LogP contribution in [0, 0.1) is 0 Å². The van der Waals surface area contributed by atoms with Crippen molar-refractivity contribution in [2.24, 2.45) is 5.73 Å². The van der Waals surface area contributed by atoms with Crippen molar-refractivity contribution < 1.29 is 9.59 Å². The average Bonchev–Trinajstić information content (AvgIpc) is 3.56. The number of aromatic nitrogens is 1. The number of benzene rings is 4. The Bertz CT molecular complexity index is 1750. The highest BCUT2D eigenvalue weighted by molar-refractivity contribution is 7.13. The smallest absolute Gasteiger partial charge is 0.249 e. The Labute approximate surface area is 212 Å². The molecule has 0 saturated carbocycles. The molecule has 36 heavy (non-hydrogen) atoms. The van der Waals surface area contributed by atoms with E-state index in [0.29, 0.717) is 23.2 Å². The number of hydrogen-bond donors (Lipinski definition) is 1. The van der Waals surface area contributed by atoms with E-state index < -0.39 is 5.91 Å². The van der Waals surface area contributed by atoms with Gasteiger partial charge in [-0.1, -0.05) is 78.9 Å². The molecule has 2 N–H and O–H groups in total. The highest BCUT2D eigenvalue weighted by Gasteiger charge is 2.19. The molecule has 0 saturated heterocycles. The summed E-state index contributed by atoms with van der Waals surface area (Å²) in [6, 6.07) is 33.1. The summed E-state index contributed by atoms with van der Waals surface area (Å²) < 4.78 is 2.19. The predicted molar refractivity (Wildman–Crippen MR) is 147 cm³/mol. The third kappa shape index (κ3) is 3.70. The van der Waals surface area contributed by atoms with E-state index in [0.717, 1.165) is 32.9 Å². The van der Waals surface area contributed by atoms with E-state index >= 15 is 0 Å². The molecule has 0 aliphatic heterocycles. The molecule has 0 unspecified atom stereocenters. The molecule has 6 aromatic rings. The highest BCUT2D eigenvalue weighted by atomic mass is 32.1. The fraction of sp³-hybridized carbons (Fsp3) is 0.0323. The summed E-state index contributed by atoms with van der Waals surface area (Å²) in [7, 11) is 0. The van der Waals surface area contributed by atoms with E-state index in [2.05, 4.69) is 34.2 Å². The number of amides is 1. The largest absolute Gasteiger partial charge is 0.366 e. The number of hydrogen-bond acceptors (Lipinski definition) is 3. The molecule has 4 nitrogen and oxygen atoms in total. The molecule has 2 heterocycles. The van der Waals surface area contributed by atoms with Gasteiger partial charge in [0.1, 0.15) is 0 Å². The first-order valence-electron chi connectivity index (χ1n) is 11.7. The van der Waals surface area contributed by atoms with Crippen molar-refractivity contribution in [3.05, 3.63) is 131 Å². The lowest BCUT2D eigenvalue weighted by atomic mass is 9.98. The van der Waals surface area contributed by atoms with Crippen LogP contribution in [-0.2, 0) is 6.54 Å². The van der Waals surface area contributed by atoms with Gasteiger partial charge in [0.05, 0.1) is 11.0 Å². The van der Waals surface area contributed by atoms with Crippen LogP contribution in [0.3, 0.4) is 0 Å². The second-order valence-corrected chi connectivity index (χ2v) is 9.66. The minimum atomic E-state index is -0.457. The van der Waals surface area contributed by atoms with Crippen molar-refractivity contribution >= 4 is 44.8 Å². The van der Waals surface area contributed by atoms with Crippen molar-refractivity contribution in [1.82, 2.24) is 4.57 Å². The van der Waals surface area contributed by atoms with E-state index in [4.69, 9.17) is 5.73 Å². The molecule has 0 bridgehead atoms. The van der Waals surface area contributed by atoms with Crippen LogP contribution in [0.2, 0.25) is 0 Å². The SMILES string of the molecule is NC(=O)c1cccc2c1c1ccc(-c3cccs3)cc1n2Cc1ccccc1C(=O)c1ccccc1. The Hall–Kier alpha value is -4.48. The minimum absolute atomic E-state index is 0.0101. The number of carbonyl (C=O) groups is 2. The van der Waals surface area contributed by atoms with Gasteiger partial charge in [0.2, 0.25) is 5.91 Å². The molecule has 0 aliphatic carbocycles. The topological polar surface area (TPSA) is 65.1 Å². The number of carbonyl (C=O) groups excluding carboxylic acids is 2. The molecule has 2 aromatic heterocycles. The third-order valence-corrected chi connectivity index (χ3v) is 7.51.